The average Bonchev–Trinajstić information content (AvgIpc) is 2.92. The topological polar surface area (TPSA) is 97.1 Å². The van der Waals surface area contributed by atoms with Crippen molar-refractivity contribution in [3.63, 3.8) is 0 Å². The number of piperidine rings is 2. The molecule has 3 saturated heterocycles. The zero-order valence-electron chi connectivity index (χ0n) is 20.7. The van der Waals surface area contributed by atoms with Crippen LogP contribution in [-0.4, -0.2) is 79.8 Å². The van der Waals surface area contributed by atoms with Crippen LogP contribution in [0.15, 0.2) is 54.6 Å². The second-order valence-electron chi connectivity index (χ2n) is 9.96. The molecule has 2 aromatic carbocycles. The summed E-state index contributed by atoms with van der Waals surface area (Å²) in [5, 5.41) is 2.99. The smallest absolute Gasteiger partial charge is 0.320 e. The van der Waals surface area contributed by atoms with Crippen LogP contribution in [0, 0.1) is 5.92 Å². The lowest BCUT2D eigenvalue weighted by molar-refractivity contribution is -0.139. The lowest BCUT2D eigenvalue weighted by atomic mass is 9.76. The van der Waals surface area contributed by atoms with Crippen molar-refractivity contribution in [2.75, 3.05) is 45.9 Å². The molecule has 2 aromatic rings. The summed E-state index contributed by atoms with van der Waals surface area (Å²) < 4.78 is 11.5. The molecule has 8 nitrogen and oxygen atoms in total. The number of ether oxygens (including phenoxy) is 2. The minimum Gasteiger partial charge on any atom is -0.492 e. The quantitative estimate of drug-likeness (QED) is 0.646. The number of likely N-dealkylation sites (tertiary alicyclic amines) is 2. The highest BCUT2D eigenvalue weighted by atomic mass is 16.5. The highest BCUT2D eigenvalue weighted by molar-refractivity contribution is 5.79. The number of nitrogens with zero attached hydrogens (tertiary/aromatic N) is 2. The molecule has 8 heteroatoms. The Balaban J connectivity index is 1.26. The molecule has 1 unspecified atom stereocenters. The molecule has 0 saturated carbocycles. The minimum absolute atomic E-state index is 0.00807. The van der Waals surface area contributed by atoms with Crippen LogP contribution in [-0.2, 0) is 9.53 Å². The van der Waals surface area contributed by atoms with Gasteiger partial charge in [-0.1, -0.05) is 42.5 Å². The van der Waals surface area contributed by atoms with Crippen molar-refractivity contribution in [3.8, 4) is 5.75 Å². The zero-order chi connectivity index (χ0) is 24.9. The number of morpholine rings is 1. The van der Waals surface area contributed by atoms with E-state index >= 15 is 0 Å². The summed E-state index contributed by atoms with van der Waals surface area (Å²) in [5.41, 5.74) is 8.14. The molecular weight excluding hydrogens is 456 g/mol. The molecule has 0 aromatic heterocycles. The van der Waals surface area contributed by atoms with Crippen molar-refractivity contribution in [3.05, 3.63) is 65.7 Å². The van der Waals surface area contributed by atoms with Gasteiger partial charge in [0.15, 0.2) is 0 Å². The molecule has 3 aliphatic heterocycles. The molecule has 0 aliphatic carbocycles. The van der Waals surface area contributed by atoms with Crippen molar-refractivity contribution >= 4 is 11.9 Å². The first kappa shape index (κ1) is 24.6. The van der Waals surface area contributed by atoms with Crippen molar-refractivity contribution in [1.29, 1.82) is 0 Å². The first-order valence-corrected chi connectivity index (χ1v) is 13.0. The van der Waals surface area contributed by atoms with Gasteiger partial charge >= 0.3 is 6.03 Å². The van der Waals surface area contributed by atoms with Crippen LogP contribution in [0.5, 0.6) is 5.75 Å². The SMILES string of the molecule is NCCOc1cccc(C(c2ccccc2)C2CCN(C(=O)N3CC[C@@H]4OCC(=O)N[C@@H]4C3)CC2)c1. The number of carbonyl (C=O) groups excluding carboxylic acids is 2. The maximum atomic E-state index is 13.3. The Hall–Kier alpha value is -3.10. The first-order chi connectivity index (χ1) is 17.6. The van der Waals surface area contributed by atoms with Gasteiger partial charge in [-0.25, -0.2) is 4.79 Å². The Morgan fingerprint density at radius 2 is 1.78 bits per heavy atom. The van der Waals surface area contributed by atoms with E-state index < -0.39 is 0 Å². The molecule has 3 heterocycles. The van der Waals surface area contributed by atoms with Crippen molar-refractivity contribution in [1.82, 2.24) is 15.1 Å². The van der Waals surface area contributed by atoms with Gasteiger partial charge < -0.3 is 30.3 Å². The molecule has 36 heavy (non-hydrogen) atoms. The predicted molar refractivity (Wildman–Crippen MR) is 137 cm³/mol. The van der Waals surface area contributed by atoms with Crippen LogP contribution in [0.25, 0.3) is 0 Å². The van der Waals surface area contributed by atoms with E-state index in [1.54, 1.807) is 0 Å². The largest absolute Gasteiger partial charge is 0.492 e. The number of carbonyl (C=O) groups is 2. The Kier molecular flexibility index (Phi) is 7.72. The van der Waals surface area contributed by atoms with Gasteiger partial charge in [0.2, 0.25) is 5.91 Å². The molecule has 3 atom stereocenters. The van der Waals surface area contributed by atoms with Gasteiger partial charge in [0.25, 0.3) is 0 Å². The number of hydrogen-bond acceptors (Lipinski definition) is 5. The van der Waals surface area contributed by atoms with E-state index in [9.17, 15) is 9.59 Å². The molecule has 5 rings (SSSR count). The van der Waals surface area contributed by atoms with Crippen LogP contribution in [0.3, 0.4) is 0 Å². The number of nitrogens with two attached hydrogens (primary N) is 1. The van der Waals surface area contributed by atoms with Gasteiger partial charge in [-0.3, -0.25) is 4.79 Å². The second-order valence-corrected chi connectivity index (χ2v) is 9.96. The van der Waals surface area contributed by atoms with Crippen molar-refractivity contribution < 1.29 is 19.1 Å². The van der Waals surface area contributed by atoms with E-state index in [4.69, 9.17) is 15.2 Å². The Bertz CT molecular complexity index is 1040. The maximum absolute atomic E-state index is 13.3. The predicted octanol–water partition coefficient (Wildman–Crippen LogP) is 2.58. The van der Waals surface area contributed by atoms with Gasteiger partial charge in [0, 0.05) is 38.6 Å². The van der Waals surface area contributed by atoms with E-state index in [-0.39, 0.29) is 36.6 Å². The fraction of sp³-hybridized carbons (Fsp3) is 0.500. The lowest BCUT2D eigenvalue weighted by Gasteiger charge is -2.44. The fourth-order valence-electron chi connectivity index (χ4n) is 5.87. The molecule has 0 spiro atoms. The molecule has 3 amide bonds. The summed E-state index contributed by atoms with van der Waals surface area (Å²) in [4.78, 5) is 28.9. The summed E-state index contributed by atoms with van der Waals surface area (Å²) in [7, 11) is 0. The average molecular weight is 493 g/mol. The van der Waals surface area contributed by atoms with Gasteiger partial charge in [0.05, 0.1) is 12.1 Å². The summed E-state index contributed by atoms with van der Waals surface area (Å²) in [5.74, 6) is 1.39. The number of urea groups is 1. The Morgan fingerprint density at radius 3 is 2.56 bits per heavy atom. The summed E-state index contributed by atoms with van der Waals surface area (Å²) >= 11 is 0. The molecule has 192 valence electrons. The minimum atomic E-state index is -0.113. The van der Waals surface area contributed by atoms with Gasteiger partial charge in [-0.2, -0.15) is 0 Å². The highest BCUT2D eigenvalue weighted by Gasteiger charge is 2.38. The number of hydrogen-bond donors (Lipinski definition) is 2. The molecular formula is C28H36N4O4. The summed E-state index contributed by atoms with van der Waals surface area (Å²) in [6, 6.07) is 18.9. The van der Waals surface area contributed by atoms with E-state index in [2.05, 4.69) is 41.7 Å². The van der Waals surface area contributed by atoms with E-state index in [0.717, 1.165) is 38.1 Å². The van der Waals surface area contributed by atoms with Crippen LogP contribution in [0.4, 0.5) is 4.79 Å². The maximum Gasteiger partial charge on any atom is 0.320 e. The molecule has 3 N–H and O–H groups in total. The van der Waals surface area contributed by atoms with Gasteiger partial charge in [0.1, 0.15) is 19.0 Å². The van der Waals surface area contributed by atoms with Gasteiger partial charge in [-0.15, -0.1) is 0 Å². The third-order valence-electron chi connectivity index (χ3n) is 7.64. The number of amides is 3. The van der Waals surface area contributed by atoms with Crippen LogP contribution >= 0.6 is 0 Å². The number of benzene rings is 2. The normalized spacial score (nSPS) is 23.5. The van der Waals surface area contributed by atoms with Crippen LogP contribution < -0.4 is 15.8 Å². The highest BCUT2D eigenvalue weighted by Crippen LogP contribution is 2.39. The molecule has 3 fully saturated rings. The molecule has 0 bridgehead atoms. The van der Waals surface area contributed by atoms with E-state index in [1.165, 1.54) is 11.1 Å². The summed E-state index contributed by atoms with van der Waals surface area (Å²) in [6.45, 7) is 3.72. The first-order valence-electron chi connectivity index (χ1n) is 13.0. The monoisotopic (exact) mass is 492 g/mol. The van der Waals surface area contributed by atoms with E-state index in [0.29, 0.717) is 32.2 Å². The summed E-state index contributed by atoms with van der Waals surface area (Å²) in [6.07, 6.45) is 2.62. The zero-order valence-corrected chi connectivity index (χ0v) is 20.7. The van der Waals surface area contributed by atoms with Crippen LogP contribution in [0.2, 0.25) is 0 Å². The second kappa shape index (κ2) is 11.3. The van der Waals surface area contributed by atoms with Crippen LogP contribution in [0.1, 0.15) is 36.3 Å². The van der Waals surface area contributed by atoms with Crippen molar-refractivity contribution in [2.24, 2.45) is 11.7 Å². The number of rotatable bonds is 6. The third-order valence-corrected chi connectivity index (χ3v) is 7.64. The number of fused-ring (bicyclic) bond motifs is 1. The fourth-order valence-corrected chi connectivity index (χ4v) is 5.87. The van der Waals surface area contributed by atoms with E-state index in [1.807, 2.05) is 28.0 Å². The Labute approximate surface area is 212 Å². The van der Waals surface area contributed by atoms with Gasteiger partial charge in [-0.05, 0) is 48.4 Å². The number of nitrogens with one attached hydrogen (secondary N) is 1. The standard InChI is InChI=1S/C28H36N4O4/c29-12-16-35-23-8-4-7-22(17-23)27(20-5-2-1-3-6-20)21-9-13-31(14-10-21)28(34)32-15-11-25-24(18-32)30-26(33)19-36-25/h1-8,17,21,24-25,27H,9-16,18-19,29H2,(H,30,33)/t24-,25+,27?/m1/s1. The third kappa shape index (κ3) is 5.50. The Morgan fingerprint density at radius 1 is 1.03 bits per heavy atom. The molecule has 3 aliphatic rings. The molecule has 0 radical (unpaired) electrons. The van der Waals surface area contributed by atoms with Crippen molar-refractivity contribution in [2.45, 2.75) is 37.3 Å². The lowest BCUT2D eigenvalue weighted by Crippen LogP contribution is -2.62.